The van der Waals surface area contributed by atoms with E-state index >= 15 is 0 Å². The van der Waals surface area contributed by atoms with E-state index in [1.807, 2.05) is 6.20 Å². The summed E-state index contributed by atoms with van der Waals surface area (Å²) in [5.74, 6) is -0.694. The molecule has 0 atom stereocenters. The van der Waals surface area contributed by atoms with Crippen molar-refractivity contribution in [2.24, 2.45) is 0 Å². The van der Waals surface area contributed by atoms with Gasteiger partial charge in [-0.25, -0.2) is 4.68 Å². The minimum absolute atomic E-state index is 0.0106. The Labute approximate surface area is 176 Å². The monoisotopic (exact) mass is 423 g/mol. The standard InChI is InChI=1S/C21H19F2N7O/c1-2-29-9-14-4-3-5-16(17(14)11-29)18-12-30(28-25-18)10-15-7-6-13(8-24-15)20-26-27-21(31-20)19(22)23/h3-8,12,19H,2,9-11H2,1H3. The van der Waals surface area contributed by atoms with E-state index in [9.17, 15) is 8.78 Å². The van der Waals surface area contributed by atoms with Gasteiger partial charge in [0.05, 0.1) is 24.0 Å². The molecule has 0 bridgehead atoms. The van der Waals surface area contributed by atoms with Gasteiger partial charge in [0.2, 0.25) is 5.89 Å². The van der Waals surface area contributed by atoms with Gasteiger partial charge < -0.3 is 4.42 Å². The SMILES string of the molecule is CCN1Cc2cccc(-c3cn(Cc4ccc(-c5nnc(C(F)F)o5)cn4)nn3)c2C1. The molecule has 1 aromatic carbocycles. The third-order valence-electron chi connectivity index (χ3n) is 5.33. The zero-order valence-electron chi connectivity index (χ0n) is 16.7. The minimum Gasteiger partial charge on any atom is -0.415 e. The summed E-state index contributed by atoms with van der Waals surface area (Å²) >= 11 is 0. The summed E-state index contributed by atoms with van der Waals surface area (Å²) in [6, 6.07) is 9.77. The van der Waals surface area contributed by atoms with Crippen LogP contribution in [0, 0.1) is 0 Å². The summed E-state index contributed by atoms with van der Waals surface area (Å²) in [5, 5.41) is 15.6. The average molecular weight is 423 g/mol. The first kappa shape index (κ1) is 19.4. The minimum atomic E-state index is -2.80. The number of pyridine rings is 1. The molecule has 10 heteroatoms. The maximum Gasteiger partial charge on any atom is 0.314 e. The van der Waals surface area contributed by atoms with Gasteiger partial charge in [-0.1, -0.05) is 30.3 Å². The molecule has 5 rings (SSSR count). The van der Waals surface area contributed by atoms with Crippen LogP contribution in [0.2, 0.25) is 0 Å². The van der Waals surface area contributed by atoms with Crippen LogP contribution in [0.1, 0.15) is 36.1 Å². The topological polar surface area (TPSA) is 85.8 Å². The van der Waals surface area contributed by atoms with Gasteiger partial charge >= 0.3 is 6.43 Å². The molecule has 4 heterocycles. The molecule has 0 radical (unpaired) electrons. The number of rotatable bonds is 6. The van der Waals surface area contributed by atoms with E-state index in [2.05, 4.69) is 55.5 Å². The van der Waals surface area contributed by atoms with E-state index in [0.29, 0.717) is 12.1 Å². The molecular formula is C21H19F2N7O. The van der Waals surface area contributed by atoms with Gasteiger partial charge in [0.15, 0.2) is 0 Å². The number of fused-ring (bicyclic) bond motifs is 1. The maximum atomic E-state index is 12.6. The van der Waals surface area contributed by atoms with Crippen LogP contribution in [-0.4, -0.2) is 41.6 Å². The Balaban J connectivity index is 1.32. The van der Waals surface area contributed by atoms with Gasteiger partial charge in [0, 0.05) is 24.8 Å². The van der Waals surface area contributed by atoms with E-state index in [4.69, 9.17) is 4.42 Å². The van der Waals surface area contributed by atoms with E-state index in [0.717, 1.165) is 36.6 Å². The predicted octanol–water partition coefficient (Wildman–Crippen LogP) is 3.71. The first-order valence-electron chi connectivity index (χ1n) is 9.91. The molecule has 4 aromatic rings. The average Bonchev–Trinajstić information content (AvgIpc) is 3.53. The Hall–Kier alpha value is -3.53. The maximum absolute atomic E-state index is 12.6. The van der Waals surface area contributed by atoms with Crippen LogP contribution in [0.3, 0.4) is 0 Å². The number of aromatic nitrogens is 6. The molecule has 0 aliphatic carbocycles. The summed E-state index contributed by atoms with van der Waals surface area (Å²) in [5.41, 5.74) is 5.79. The highest BCUT2D eigenvalue weighted by atomic mass is 19.3. The quantitative estimate of drug-likeness (QED) is 0.467. The third kappa shape index (κ3) is 3.81. The first-order valence-corrected chi connectivity index (χ1v) is 9.91. The molecule has 1 aliphatic heterocycles. The van der Waals surface area contributed by atoms with Crippen molar-refractivity contribution in [1.29, 1.82) is 0 Å². The lowest BCUT2D eigenvalue weighted by molar-refractivity contribution is 0.116. The second-order valence-electron chi connectivity index (χ2n) is 7.33. The molecule has 31 heavy (non-hydrogen) atoms. The zero-order chi connectivity index (χ0) is 21.4. The van der Waals surface area contributed by atoms with Crippen molar-refractivity contribution in [3.05, 3.63) is 65.4 Å². The summed E-state index contributed by atoms with van der Waals surface area (Å²) in [4.78, 5) is 6.74. The second-order valence-corrected chi connectivity index (χ2v) is 7.33. The number of benzene rings is 1. The van der Waals surface area contributed by atoms with Gasteiger partial charge in [-0.2, -0.15) is 8.78 Å². The molecule has 0 N–H and O–H groups in total. The first-order chi connectivity index (χ1) is 15.1. The van der Waals surface area contributed by atoms with Crippen LogP contribution < -0.4 is 0 Å². The van der Waals surface area contributed by atoms with E-state index < -0.39 is 12.3 Å². The normalized spacial score (nSPS) is 13.8. The Bertz CT molecular complexity index is 1200. The Morgan fingerprint density at radius 1 is 1.10 bits per heavy atom. The highest BCUT2D eigenvalue weighted by Gasteiger charge is 2.22. The number of nitrogens with zero attached hydrogens (tertiary/aromatic N) is 7. The highest BCUT2D eigenvalue weighted by Crippen LogP contribution is 2.31. The summed E-state index contributed by atoms with van der Waals surface area (Å²) in [6.45, 7) is 5.48. The zero-order valence-corrected chi connectivity index (χ0v) is 16.7. The summed E-state index contributed by atoms with van der Waals surface area (Å²) in [7, 11) is 0. The fraction of sp³-hybridized carbons (Fsp3) is 0.286. The molecule has 3 aromatic heterocycles. The van der Waals surface area contributed by atoms with Crippen LogP contribution in [-0.2, 0) is 19.6 Å². The lowest BCUT2D eigenvalue weighted by Gasteiger charge is -2.10. The van der Waals surface area contributed by atoms with Crippen molar-refractivity contribution < 1.29 is 13.2 Å². The Morgan fingerprint density at radius 2 is 2.00 bits per heavy atom. The van der Waals surface area contributed by atoms with Crippen molar-refractivity contribution in [1.82, 2.24) is 35.1 Å². The fourth-order valence-electron chi connectivity index (χ4n) is 3.70. The molecule has 0 unspecified atom stereocenters. The smallest absolute Gasteiger partial charge is 0.314 e. The molecule has 8 nitrogen and oxygen atoms in total. The van der Waals surface area contributed by atoms with Crippen molar-refractivity contribution in [3.8, 4) is 22.7 Å². The Morgan fingerprint density at radius 3 is 2.74 bits per heavy atom. The van der Waals surface area contributed by atoms with Crippen LogP contribution in [0.15, 0.2) is 47.1 Å². The number of hydrogen-bond donors (Lipinski definition) is 0. The second kappa shape index (κ2) is 7.95. The van der Waals surface area contributed by atoms with Crippen LogP contribution in [0.25, 0.3) is 22.7 Å². The number of hydrogen-bond acceptors (Lipinski definition) is 7. The Kier molecular flexibility index (Phi) is 4.99. The molecule has 0 spiro atoms. The molecule has 0 fully saturated rings. The van der Waals surface area contributed by atoms with Crippen LogP contribution >= 0.6 is 0 Å². The van der Waals surface area contributed by atoms with E-state index in [1.54, 1.807) is 16.8 Å². The molecule has 0 saturated heterocycles. The molecule has 1 aliphatic rings. The van der Waals surface area contributed by atoms with Gasteiger partial charge in [-0.15, -0.1) is 15.3 Å². The lowest BCUT2D eigenvalue weighted by Crippen LogP contribution is -2.14. The van der Waals surface area contributed by atoms with Crippen molar-refractivity contribution in [2.75, 3.05) is 6.54 Å². The van der Waals surface area contributed by atoms with Gasteiger partial charge in [-0.05, 0) is 29.8 Å². The van der Waals surface area contributed by atoms with Crippen molar-refractivity contribution >= 4 is 0 Å². The van der Waals surface area contributed by atoms with Crippen molar-refractivity contribution in [3.63, 3.8) is 0 Å². The van der Waals surface area contributed by atoms with Crippen molar-refractivity contribution in [2.45, 2.75) is 33.0 Å². The lowest BCUT2D eigenvalue weighted by atomic mass is 10.0. The number of alkyl halides is 2. The van der Waals surface area contributed by atoms with E-state index in [-0.39, 0.29) is 5.89 Å². The molecule has 158 valence electrons. The molecule has 0 amide bonds. The van der Waals surface area contributed by atoms with Crippen LogP contribution in [0.5, 0.6) is 0 Å². The van der Waals surface area contributed by atoms with Crippen LogP contribution in [0.4, 0.5) is 8.78 Å². The van der Waals surface area contributed by atoms with Gasteiger partial charge in [0.1, 0.15) is 5.69 Å². The molecule has 0 saturated carbocycles. The summed E-state index contributed by atoms with van der Waals surface area (Å²) < 4.78 is 31.9. The fourth-order valence-corrected chi connectivity index (χ4v) is 3.70. The summed E-state index contributed by atoms with van der Waals surface area (Å²) in [6.07, 6.45) is 0.623. The molecular weight excluding hydrogens is 404 g/mol. The predicted molar refractivity (Wildman–Crippen MR) is 107 cm³/mol. The van der Waals surface area contributed by atoms with E-state index in [1.165, 1.54) is 17.3 Å². The highest BCUT2D eigenvalue weighted by molar-refractivity contribution is 5.65. The number of halogens is 2. The largest absolute Gasteiger partial charge is 0.415 e. The van der Waals surface area contributed by atoms with Gasteiger partial charge in [0.25, 0.3) is 5.89 Å². The third-order valence-corrected chi connectivity index (χ3v) is 5.33. The van der Waals surface area contributed by atoms with Gasteiger partial charge in [-0.3, -0.25) is 9.88 Å².